The van der Waals surface area contributed by atoms with Gasteiger partial charge in [0.2, 0.25) is 0 Å². The van der Waals surface area contributed by atoms with Crippen molar-refractivity contribution in [2.75, 3.05) is 0 Å². The zero-order valence-electron chi connectivity index (χ0n) is 9.97. The normalized spacial score (nSPS) is 11.9. The second-order valence-corrected chi connectivity index (χ2v) is 5.72. The first-order chi connectivity index (χ1) is 9.49. The van der Waals surface area contributed by atoms with Crippen molar-refractivity contribution in [3.8, 4) is 0 Å². The average Bonchev–Trinajstić information content (AvgIpc) is 2.88. The summed E-state index contributed by atoms with van der Waals surface area (Å²) in [7, 11) is 0. The third kappa shape index (κ3) is 3.23. The van der Waals surface area contributed by atoms with E-state index in [1.165, 1.54) is 17.4 Å². The number of carboxylic acids is 1. The van der Waals surface area contributed by atoms with Crippen molar-refractivity contribution in [1.82, 2.24) is 5.32 Å². The molecule has 0 aliphatic carbocycles. The number of aliphatic carboxylic acids is 1. The highest BCUT2D eigenvalue weighted by molar-refractivity contribution is 9.10. The van der Waals surface area contributed by atoms with Crippen LogP contribution in [0.2, 0.25) is 0 Å². The molecule has 0 bridgehead atoms. The fourth-order valence-corrected chi connectivity index (χ4v) is 2.89. The number of hydrogen-bond acceptors (Lipinski definition) is 3. The summed E-state index contributed by atoms with van der Waals surface area (Å²) in [4.78, 5) is 23.8. The van der Waals surface area contributed by atoms with Gasteiger partial charge >= 0.3 is 5.97 Å². The van der Waals surface area contributed by atoms with Gasteiger partial charge in [0.25, 0.3) is 5.91 Å². The zero-order valence-corrected chi connectivity index (χ0v) is 12.4. The van der Waals surface area contributed by atoms with Gasteiger partial charge in [0.05, 0.1) is 5.56 Å². The quantitative estimate of drug-likeness (QED) is 0.882. The summed E-state index contributed by atoms with van der Waals surface area (Å²) in [5, 5.41) is 13.3. The molecular weight excluding hydrogens is 349 g/mol. The molecule has 0 saturated heterocycles. The molecule has 1 unspecified atom stereocenters. The second-order valence-electron chi connectivity index (χ2n) is 3.88. The van der Waals surface area contributed by atoms with Gasteiger partial charge in [-0.3, -0.25) is 4.79 Å². The SMILES string of the molecule is O=C(NC(C(=O)O)c1cccs1)c1ccc(F)cc1Br. The predicted octanol–water partition coefficient (Wildman–Crippen LogP) is 3.21. The maximum absolute atomic E-state index is 13.0. The number of thiophene rings is 1. The number of rotatable bonds is 4. The molecule has 0 spiro atoms. The Morgan fingerprint density at radius 2 is 2.10 bits per heavy atom. The number of carbonyl (C=O) groups is 2. The van der Waals surface area contributed by atoms with Crippen LogP contribution in [0.4, 0.5) is 4.39 Å². The van der Waals surface area contributed by atoms with E-state index in [2.05, 4.69) is 21.2 Å². The Bertz CT molecular complexity index is 645. The van der Waals surface area contributed by atoms with Crippen LogP contribution in [-0.2, 0) is 4.79 Å². The van der Waals surface area contributed by atoms with Crippen LogP contribution in [0.3, 0.4) is 0 Å². The van der Waals surface area contributed by atoms with E-state index in [1.807, 2.05) is 0 Å². The molecular formula is C13H9BrFNO3S. The van der Waals surface area contributed by atoms with Crippen LogP contribution >= 0.6 is 27.3 Å². The van der Waals surface area contributed by atoms with Crippen molar-refractivity contribution in [3.05, 3.63) is 56.4 Å². The summed E-state index contributed by atoms with van der Waals surface area (Å²) in [5.41, 5.74) is 0.175. The van der Waals surface area contributed by atoms with Crippen LogP contribution in [0.5, 0.6) is 0 Å². The van der Waals surface area contributed by atoms with E-state index in [9.17, 15) is 19.1 Å². The van der Waals surface area contributed by atoms with Crippen molar-refractivity contribution >= 4 is 39.1 Å². The lowest BCUT2D eigenvalue weighted by molar-refractivity contribution is -0.139. The molecule has 0 radical (unpaired) electrons. The van der Waals surface area contributed by atoms with Crippen LogP contribution in [0.1, 0.15) is 21.3 Å². The number of nitrogens with one attached hydrogen (secondary N) is 1. The zero-order chi connectivity index (χ0) is 14.7. The molecule has 0 aliphatic rings. The van der Waals surface area contributed by atoms with E-state index < -0.39 is 23.7 Å². The van der Waals surface area contributed by atoms with E-state index in [0.717, 1.165) is 12.1 Å². The molecule has 1 aromatic carbocycles. The van der Waals surface area contributed by atoms with Gasteiger partial charge in [0, 0.05) is 9.35 Å². The third-order valence-corrected chi connectivity index (χ3v) is 4.12. The largest absolute Gasteiger partial charge is 0.479 e. The highest BCUT2D eigenvalue weighted by atomic mass is 79.9. The molecule has 0 aliphatic heterocycles. The molecule has 20 heavy (non-hydrogen) atoms. The van der Waals surface area contributed by atoms with Gasteiger partial charge in [-0.25, -0.2) is 9.18 Å². The number of carboxylic acid groups (broad SMARTS) is 1. The molecule has 1 atom stereocenters. The maximum Gasteiger partial charge on any atom is 0.331 e. The lowest BCUT2D eigenvalue weighted by atomic mass is 10.1. The Morgan fingerprint density at radius 3 is 2.65 bits per heavy atom. The Labute approximate surface area is 126 Å². The van der Waals surface area contributed by atoms with E-state index in [-0.39, 0.29) is 10.0 Å². The van der Waals surface area contributed by atoms with Gasteiger partial charge in [-0.1, -0.05) is 6.07 Å². The van der Waals surface area contributed by atoms with Crippen LogP contribution in [0, 0.1) is 5.82 Å². The molecule has 2 aromatic rings. The van der Waals surface area contributed by atoms with Gasteiger partial charge in [0.1, 0.15) is 5.82 Å². The molecule has 2 rings (SSSR count). The van der Waals surface area contributed by atoms with Gasteiger partial charge in [-0.15, -0.1) is 11.3 Å². The summed E-state index contributed by atoms with van der Waals surface area (Å²) < 4.78 is 13.2. The Balaban J connectivity index is 2.23. The first-order valence-electron chi connectivity index (χ1n) is 5.51. The highest BCUT2D eigenvalue weighted by Crippen LogP contribution is 2.22. The fourth-order valence-electron chi connectivity index (χ4n) is 1.59. The summed E-state index contributed by atoms with van der Waals surface area (Å²) in [6.45, 7) is 0. The maximum atomic E-state index is 13.0. The molecule has 2 N–H and O–H groups in total. The molecule has 1 heterocycles. The molecule has 7 heteroatoms. The third-order valence-electron chi connectivity index (χ3n) is 2.53. The van der Waals surface area contributed by atoms with Gasteiger partial charge in [0.15, 0.2) is 6.04 Å². The monoisotopic (exact) mass is 357 g/mol. The highest BCUT2D eigenvalue weighted by Gasteiger charge is 2.24. The molecule has 104 valence electrons. The lowest BCUT2D eigenvalue weighted by Crippen LogP contribution is -2.33. The summed E-state index contributed by atoms with van der Waals surface area (Å²) >= 11 is 4.31. The van der Waals surface area contributed by atoms with Crippen molar-refractivity contribution in [3.63, 3.8) is 0 Å². The van der Waals surface area contributed by atoms with Gasteiger partial charge in [-0.2, -0.15) is 0 Å². The smallest absolute Gasteiger partial charge is 0.331 e. The molecule has 4 nitrogen and oxygen atoms in total. The predicted molar refractivity (Wildman–Crippen MR) is 76.3 cm³/mol. The van der Waals surface area contributed by atoms with Crippen LogP contribution in [0.25, 0.3) is 0 Å². The minimum absolute atomic E-state index is 0.175. The van der Waals surface area contributed by atoms with Crippen molar-refractivity contribution in [2.45, 2.75) is 6.04 Å². The first kappa shape index (κ1) is 14.7. The number of hydrogen-bond donors (Lipinski definition) is 2. The van der Waals surface area contributed by atoms with Crippen molar-refractivity contribution in [2.24, 2.45) is 0 Å². The van der Waals surface area contributed by atoms with Crippen LogP contribution < -0.4 is 5.32 Å². The van der Waals surface area contributed by atoms with Gasteiger partial charge < -0.3 is 10.4 Å². The Hall–Kier alpha value is -1.73. The van der Waals surface area contributed by atoms with E-state index >= 15 is 0 Å². The summed E-state index contributed by atoms with van der Waals surface area (Å²) in [5.74, 6) is -2.22. The summed E-state index contributed by atoms with van der Waals surface area (Å²) in [6, 6.07) is 5.79. The standard InChI is InChI=1S/C13H9BrFNO3S/c14-9-6-7(15)3-4-8(9)12(17)16-11(13(18)19)10-2-1-5-20-10/h1-6,11H,(H,16,17)(H,18,19). The van der Waals surface area contributed by atoms with Crippen molar-refractivity contribution in [1.29, 1.82) is 0 Å². The van der Waals surface area contributed by atoms with Crippen LogP contribution in [-0.4, -0.2) is 17.0 Å². The van der Waals surface area contributed by atoms with Gasteiger partial charge in [-0.05, 0) is 45.6 Å². The fraction of sp³-hybridized carbons (Fsp3) is 0.0769. The Kier molecular flexibility index (Phi) is 4.51. The molecule has 0 saturated carbocycles. The molecule has 1 amide bonds. The minimum Gasteiger partial charge on any atom is -0.479 e. The number of amides is 1. The number of benzene rings is 1. The van der Waals surface area contributed by atoms with E-state index in [4.69, 9.17) is 0 Å². The number of halogens is 2. The second kappa shape index (κ2) is 6.15. The number of carbonyl (C=O) groups excluding carboxylic acids is 1. The first-order valence-corrected chi connectivity index (χ1v) is 7.18. The molecule has 1 aromatic heterocycles. The van der Waals surface area contributed by atoms with Crippen LogP contribution in [0.15, 0.2) is 40.2 Å². The van der Waals surface area contributed by atoms with E-state index in [1.54, 1.807) is 17.5 Å². The van der Waals surface area contributed by atoms with E-state index in [0.29, 0.717) is 4.88 Å². The summed E-state index contributed by atoms with van der Waals surface area (Å²) in [6.07, 6.45) is 0. The molecule has 0 fully saturated rings. The Morgan fingerprint density at radius 1 is 1.35 bits per heavy atom. The minimum atomic E-state index is -1.15. The van der Waals surface area contributed by atoms with Crippen molar-refractivity contribution < 1.29 is 19.1 Å². The average molecular weight is 358 g/mol. The lowest BCUT2D eigenvalue weighted by Gasteiger charge is -2.13. The topological polar surface area (TPSA) is 66.4 Å².